The Morgan fingerprint density at radius 2 is 1.85 bits per heavy atom. The van der Waals surface area contributed by atoms with Crippen molar-refractivity contribution in [3.05, 3.63) is 39.8 Å². The van der Waals surface area contributed by atoms with Gasteiger partial charge in [0.2, 0.25) is 5.91 Å². The minimum absolute atomic E-state index is 0.00969. The third kappa shape index (κ3) is 4.17. The van der Waals surface area contributed by atoms with Gasteiger partial charge in [0.15, 0.2) is 0 Å². The summed E-state index contributed by atoms with van der Waals surface area (Å²) in [6.45, 7) is 2.19. The number of aromatic nitrogens is 4. The number of piperazine rings is 1. The zero-order chi connectivity index (χ0) is 19.6. The van der Waals surface area contributed by atoms with E-state index in [0.717, 1.165) is 9.36 Å². The minimum Gasteiger partial charge on any atom is -0.348 e. The molecular weight excluding hydrogens is 374 g/mol. The first-order valence-corrected chi connectivity index (χ1v) is 8.77. The lowest BCUT2D eigenvalue weighted by atomic mass is 10.3. The highest BCUT2D eigenvalue weighted by molar-refractivity contribution is 6.30. The highest BCUT2D eigenvalue weighted by atomic mass is 35.5. The second-order valence-corrected chi connectivity index (χ2v) is 6.84. The van der Waals surface area contributed by atoms with Crippen LogP contribution in [0.1, 0.15) is 0 Å². The van der Waals surface area contributed by atoms with E-state index in [-0.39, 0.29) is 5.91 Å². The normalized spacial score (nSPS) is 15.0. The number of hydrogen-bond donors (Lipinski definition) is 0. The third-order valence-corrected chi connectivity index (χ3v) is 4.55. The molecule has 10 nitrogen and oxygen atoms in total. The van der Waals surface area contributed by atoms with Gasteiger partial charge in [-0.05, 0) is 28.6 Å². The summed E-state index contributed by atoms with van der Waals surface area (Å²) < 4.78 is 1.76. The van der Waals surface area contributed by atoms with E-state index in [4.69, 9.17) is 11.6 Å². The second kappa shape index (κ2) is 7.89. The van der Waals surface area contributed by atoms with Gasteiger partial charge in [-0.2, -0.15) is 4.68 Å². The van der Waals surface area contributed by atoms with Crippen LogP contribution in [0.25, 0.3) is 5.69 Å². The second-order valence-electron chi connectivity index (χ2n) is 6.40. The Kier molecular flexibility index (Phi) is 5.57. The smallest absolute Gasteiger partial charge is 0.348 e. The molecule has 11 heteroatoms. The first kappa shape index (κ1) is 19.1. The van der Waals surface area contributed by atoms with Crippen LogP contribution in [0.15, 0.2) is 29.1 Å². The van der Waals surface area contributed by atoms with Gasteiger partial charge in [0.25, 0.3) is 0 Å². The Morgan fingerprint density at radius 3 is 2.48 bits per heavy atom. The Hall–Kier alpha value is -2.72. The van der Waals surface area contributed by atoms with E-state index in [2.05, 4.69) is 10.4 Å². The number of likely N-dealkylation sites (N-methyl/N-ethyl adjacent to an activating group) is 1. The molecule has 0 saturated carbocycles. The van der Waals surface area contributed by atoms with Gasteiger partial charge in [-0.15, -0.1) is 4.68 Å². The number of hydrogen-bond acceptors (Lipinski definition) is 6. The van der Waals surface area contributed by atoms with Crippen molar-refractivity contribution in [2.45, 2.75) is 0 Å². The molecule has 0 unspecified atom stereocenters. The zero-order valence-corrected chi connectivity index (χ0v) is 15.8. The maximum atomic E-state index is 12.6. The van der Waals surface area contributed by atoms with E-state index >= 15 is 0 Å². The van der Waals surface area contributed by atoms with Gasteiger partial charge in [0.1, 0.15) is 0 Å². The van der Waals surface area contributed by atoms with E-state index in [1.165, 1.54) is 9.80 Å². The van der Waals surface area contributed by atoms with Gasteiger partial charge in [0, 0.05) is 45.3 Å². The number of halogens is 1. The molecule has 0 bridgehead atoms. The number of tetrazole rings is 1. The molecule has 2 amide bonds. The Morgan fingerprint density at radius 1 is 1.15 bits per heavy atom. The maximum absolute atomic E-state index is 12.6. The molecule has 1 aromatic carbocycles. The molecule has 0 aliphatic carbocycles. The van der Waals surface area contributed by atoms with Crippen molar-refractivity contribution in [2.24, 2.45) is 0 Å². The first-order valence-electron chi connectivity index (χ1n) is 8.39. The molecule has 0 radical (unpaired) electrons. The molecule has 27 heavy (non-hydrogen) atoms. The van der Waals surface area contributed by atoms with Crippen molar-refractivity contribution in [3.8, 4) is 5.69 Å². The molecular formula is C16H20ClN7O3. The van der Waals surface area contributed by atoms with Gasteiger partial charge >= 0.3 is 11.7 Å². The molecule has 1 aromatic heterocycles. The van der Waals surface area contributed by atoms with E-state index in [0.29, 0.717) is 43.4 Å². The molecule has 0 atom stereocenters. The molecule has 0 spiro atoms. The van der Waals surface area contributed by atoms with E-state index in [1.807, 2.05) is 4.90 Å². The highest BCUT2D eigenvalue weighted by Gasteiger charge is 2.26. The lowest BCUT2D eigenvalue weighted by Crippen LogP contribution is -2.53. The van der Waals surface area contributed by atoms with Crippen molar-refractivity contribution in [1.82, 2.24) is 34.5 Å². The Balaban J connectivity index is 1.68. The van der Waals surface area contributed by atoms with Crippen LogP contribution in [-0.4, -0.2) is 93.2 Å². The van der Waals surface area contributed by atoms with Gasteiger partial charge in [0.05, 0.1) is 12.2 Å². The molecule has 0 N–H and O–H groups in total. The van der Waals surface area contributed by atoms with Gasteiger partial charge in [-0.3, -0.25) is 9.69 Å². The van der Waals surface area contributed by atoms with Gasteiger partial charge < -0.3 is 9.80 Å². The molecule has 144 valence electrons. The van der Waals surface area contributed by atoms with Crippen molar-refractivity contribution in [3.63, 3.8) is 0 Å². The number of nitrogens with zero attached hydrogens (tertiary/aromatic N) is 7. The summed E-state index contributed by atoms with van der Waals surface area (Å²) in [6.07, 6.45) is 0. The van der Waals surface area contributed by atoms with Crippen LogP contribution in [0.2, 0.25) is 5.02 Å². The predicted molar refractivity (Wildman–Crippen MR) is 98.1 cm³/mol. The zero-order valence-electron chi connectivity index (χ0n) is 15.1. The van der Waals surface area contributed by atoms with Gasteiger partial charge in [-0.1, -0.05) is 17.7 Å². The molecule has 1 aliphatic heterocycles. The number of rotatable bonds is 3. The van der Waals surface area contributed by atoms with Crippen LogP contribution in [0.5, 0.6) is 0 Å². The maximum Gasteiger partial charge on any atom is 0.377 e. The average Bonchev–Trinajstić information content (AvgIpc) is 3.03. The standard InChI is InChI=1S/C16H20ClN7O3/c1-20(2)14(25)11-21-6-8-22(9-7-21)15(26)24-16(27)23(18-19-24)13-5-3-4-12(17)10-13/h3-5,10H,6-9,11H2,1-2H3. The van der Waals surface area contributed by atoms with Crippen LogP contribution < -0.4 is 5.69 Å². The lowest BCUT2D eigenvalue weighted by molar-refractivity contribution is -0.130. The van der Waals surface area contributed by atoms with Crippen LogP contribution in [0.4, 0.5) is 4.79 Å². The van der Waals surface area contributed by atoms with Crippen molar-refractivity contribution >= 4 is 23.5 Å². The van der Waals surface area contributed by atoms with Crippen LogP contribution in [0.3, 0.4) is 0 Å². The largest absolute Gasteiger partial charge is 0.377 e. The fraction of sp³-hybridized carbons (Fsp3) is 0.438. The summed E-state index contributed by atoms with van der Waals surface area (Å²) in [5.41, 5.74) is -0.231. The van der Waals surface area contributed by atoms with Crippen molar-refractivity contribution < 1.29 is 9.59 Å². The third-order valence-electron chi connectivity index (χ3n) is 4.32. The van der Waals surface area contributed by atoms with E-state index in [9.17, 15) is 14.4 Å². The minimum atomic E-state index is -0.660. The number of amides is 2. The van der Waals surface area contributed by atoms with Gasteiger partial charge in [-0.25, -0.2) is 9.59 Å². The first-order chi connectivity index (χ1) is 12.9. The summed E-state index contributed by atoms with van der Waals surface area (Å²) in [6, 6.07) is 6.03. The fourth-order valence-electron chi connectivity index (χ4n) is 2.70. The average molecular weight is 394 g/mol. The highest BCUT2D eigenvalue weighted by Crippen LogP contribution is 2.12. The van der Waals surface area contributed by atoms with E-state index < -0.39 is 11.7 Å². The summed E-state index contributed by atoms with van der Waals surface area (Å²) in [5, 5.41) is 7.91. The quantitative estimate of drug-likeness (QED) is 0.667. The summed E-state index contributed by atoms with van der Waals surface area (Å²) in [5.74, 6) is 0.00969. The van der Waals surface area contributed by atoms with Crippen LogP contribution in [-0.2, 0) is 4.79 Å². The Bertz CT molecular complexity index is 899. The van der Waals surface area contributed by atoms with E-state index in [1.54, 1.807) is 38.4 Å². The SMILES string of the molecule is CN(C)C(=O)CN1CCN(C(=O)n2nnn(-c3cccc(Cl)c3)c2=O)CC1. The molecule has 1 saturated heterocycles. The predicted octanol–water partition coefficient (Wildman–Crippen LogP) is -0.244. The number of benzene rings is 1. The molecule has 3 rings (SSSR count). The number of carbonyl (C=O) groups is 2. The fourth-order valence-corrected chi connectivity index (χ4v) is 2.88. The van der Waals surface area contributed by atoms with Crippen LogP contribution in [0, 0.1) is 0 Å². The number of carbonyl (C=O) groups excluding carboxylic acids is 2. The summed E-state index contributed by atoms with van der Waals surface area (Å²) >= 11 is 5.93. The lowest BCUT2D eigenvalue weighted by Gasteiger charge is -2.34. The monoisotopic (exact) mass is 393 g/mol. The van der Waals surface area contributed by atoms with Crippen LogP contribution >= 0.6 is 11.6 Å². The molecule has 1 aliphatic rings. The Labute approximate surface area is 160 Å². The summed E-state index contributed by atoms with van der Waals surface area (Å²) in [4.78, 5) is 41.9. The molecule has 1 fully saturated rings. The topological polar surface area (TPSA) is 96.6 Å². The summed E-state index contributed by atoms with van der Waals surface area (Å²) in [7, 11) is 3.41. The van der Waals surface area contributed by atoms with Crippen molar-refractivity contribution in [1.29, 1.82) is 0 Å². The molecule has 2 aromatic rings. The van der Waals surface area contributed by atoms with Crippen molar-refractivity contribution in [2.75, 3.05) is 46.8 Å². The molecule has 2 heterocycles.